The highest BCUT2D eigenvalue weighted by Gasteiger charge is 2.43. The Kier molecular flexibility index (Phi) is 13.4. The van der Waals surface area contributed by atoms with Gasteiger partial charge in [0.2, 0.25) is 0 Å². The number of benzene rings is 6. The highest BCUT2D eigenvalue weighted by Crippen LogP contribution is 2.59. The van der Waals surface area contributed by atoms with Gasteiger partial charge in [0, 0.05) is 32.9 Å². The van der Waals surface area contributed by atoms with Crippen molar-refractivity contribution in [1.29, 1.82) is 0 Å². The van der Waals surface area contributed by atoms with Gasteiger partial charge in [-0.1, -0.05) is 191 Å². The molecule has 2 nitrogen and oxygen atoms in total. The van der Waals surface area contributed by atoms with E-state index >= 15 is 0 Å². The summed E-state index contributed by atoms with van der Waals surface area (Å²) >= 11 is 0. The van der Waals surface area contributed by atoms with Crippen molar-refractivity contribution in [3.63, 3.8) is 0 Å². The summed E-state index contributed by atoms with van der Waals surface area (Å²) < 4.78 is 13.1. The van der Waals surface area contributed by atoms with E-state index in [1.165, 1.54) is 88.3 Å². The van der Waals surface area contributed by atoms with Gasteiger partial charge < -0.3 is 9.47 Å². The maximum absolute atomic E-state index is 6.58. The van der Waals surface area contributed by atoms with Gasteiger partial charge in [0.25, 0.3) is 0 Å². The molecule has 6 aromatic rings. The van der Waals surface area contributed by atoms with Crippen LogP contribution in [0.3, 0.4) is 0 Å². The Labute approximate surface area is 363 Å². The number of fused-ring (bicyclic) bond motifs is 16. The van der Waals surface area contributed by atoms with E-state index in [4.69, 9.17) is 9.47 Å². The standard InChI is InChI=1S/2C25H24O.4C2H6/c1-15-10-11-19-20(14-15)25(4,5)22-21(19)17-9-7-6-8-16(17)18-12-13-24(2,3)26-23(18)22;1-15-10-11-18-20(14-15)25(4,5)22-19-12-13-24(2,3)26-23(19)17-9-7-6-8-16(17)21(18)22;4*1-2/h2*6-14H,1-5H3;4*1-2H3. The van der Waals surface area contributed by atoms with Crippen LogP contribution in [0.25, 0.3) is 56.0 Å². The van der Waals surface area contributed by atoms with E-state index in [1.807, 2.05) is 55.4 Å². The van der Waals surface area contributed by atoms with E-state index in [1.54, 1.807) is 0 Å². The molecule has 0 fully saturated rings. The van der Waals surface area contributed by atoms with Gasteiger partial charge in [-0.25, -0.2) is 0 Å². The molecule has 0 saturated carbocycles. The molecule has 6 aromatic carbocycles. The molecule has 0 bridgehead atoms. The van der Waals surface area contributed by atoms with E-state index in [2.05, 4.69) is 178 Å². The van der Waals surface area contributed by atoms with Crippen molar-refractivity contribution in [2.45, 2.75) is 147 Å². The normalized spacial score (nSPS) is 16.2. The molecule has 0 atom stereocenters. The Hall–Kier alpha value is -5.08. The lowest BCUT2D eigenvalue weighted by Crippen LogP contribution is -2.30. The van der Waals surface area contributed by atoms with Crippen LogP contribution in [0.5, 0.6) is 11.5 Å². The quantitative estimate of drug-likeness (QED) is 0.152. The molecule has 60 heavy (non-hydrogen) atoms. The van der Waals surface area contributed by atoms with E-state index in [9.17, 15) is 0 Å². The van der Waals surface area contributed by atoms with Gasteiger partial charge in [-0.2, -0.15) is 0 Å². The van der Waals surface area contributed by atoms with Crippen molar-refractivity contribution in [3.8, 4) is 33.8 Å². The summed E-state index contributed by atoms with van der Waals surface area (Å²) in [7, 11) is 0. The Bertz CT molecular complexity index is 2590. The minimum absolute atomic E-state index is 0.0417. The van der Waals surface area contributed by atoms with Gasteiger partial charge >= 0.3 is 0 Å². The smallest absolute Gasteiger partial charge is 0.135 e. The number of aryl methyl sites for hydroxylation is 2. The van der Waals surface area contributed by atoms with Crippen LogP contribution in [0.15, 0.2) is 97.1 Å². The average Bonchev–Trinajstić information content (AvgIpc) is 3.63. The van der Waals surface area contributed by atoms with Crippen molar-refractivity contribution in [2.75, 3.05) is 0 Å². The molecule has 0 unspecified atom stereocenters. The van der Waals surface area contributed by atoms with Crippen molar-refractivity contribution >= 4 is 33.7 Å². The van der Waals surface area contributed by atoms with E-state index in [0.717, 1.165) is 11.5 Å². The lowest BCUT2D eigenvalue weighted by Gasteiger charge is -2.34. The fraction of sp³-hybridized carbons (Fsp3) is 0.379. The monoisotopic (exact) mass is 801 g/mol. The summed E-state index contributed by atoms with van der Waals surface area (Å²) in [4.78, 5) is 0. The fourth-order valence-electron chi connectivity index (χ4n) is 9.43. The minimum Gasteiger partial charge on any atom is -0.483 e. The summed E-state index contributed by atoms with van der Waals surface area (Å²) in [6, 6.07) is 31.2. The topological polar surface area (TPSA) is 18.5 Å². The molecule has 0 saturated heterocycles. The zero-order valence-electron chi connectivity index (χ0n) is 40.2. The second-order valence-electron chi connectivity index (χ2n) is 17.5. The van der Waals surface area contributed by atoms with Gasteiger partial charge in [-0.05, 0) is 109 Å². The molecule has 0 aromatic heterocycles. The summed E-state index contributed by atoms with van der Waals surface area (Å²) in [5.41, 5.74) is 15.4. The van der Waals surface area contributed by atoms with Gasteiger partial charge in [-0.3, -0.25) is 0 Å². The Morgan fingerprint density at radius 1 is 0.400 bits per heavy atom. The lowest BCUT2D eigenvalue weighted by atomic mass is 9.78. The Morgan fingerprint density at radius 2 is 0.783 bits per heavy atom. The van der Waals surface area contributed by atoms with Crippen molar-refractivity contribution in [1.82, 2.24) is 0 Å². The van der Waals surface area contributed by atoms with E-state index in [-0.39, 0.29) is 22.0 Å². The average molecular weight is 801 g/mol. The molecule has 2 heterocycles. The maximum atomic E-state index is 6.58. The first-order chi connectivity index (χ1) is 28.6. The zero-order chi connectivity index (χ0) is 44.5. The third-order valence-corrected chi connectivity index (χ3v) is 11.9. The molecule has 316 valence electrons. The second kappa shape index (κ2) is 17.5. The summed E-state index contributed by atoms with van der Waals surface area (Å²) in [6.45, 7) is 38.2. The molecule has 10 rings (SSSR count). The molecule has 0 amide bonds. The molecule has 2 aliphatic carbocycles. The lowest BCUT2D eigenvalue weighted by molar-refractivity contribution is 0.156. The number of ether oxygens (including phenoxy) is 2. The first-order valence-electron chi connectivity index (χ1n) is 22.8. The molecular formula is C58H72O2. The van der Waals surface area contributed by atoms with Crippen LogP contribution in [0.2, 0.25) is 0 Å². The molecule has 4 aliphatic rings. The van der Waals surface area contributed by atoms with Crippen LogP contribution in [-0.4, -0.2) is 11.2 Å². The van der Waals surface area contributed by atoms with E-state index in [0.29, 0.717) is 0 Å². The van der Waals surface area contributed by atoms with Crippen molar-refractivity contribution in [3.05, 3.63) is 142 Å². The van der Waals surface area contributed by atoms with Crippen LogP contribution in [0.1, 0.15) is 155 Å². The largest absolute Gasteiger partial charge is 0.483 e. The van der Waals surface area contributed by atoms with Gasteiger partial charge in [-0.15, -0.1) is 0 Å². The molecule has 2 heteroatoms. The molecule has 0 spiro atoms. The fourth-order valence-corrected chi connectivity index (χ4v) is 9.43. The Balaban J connectivity index is 0.000000196. The van der Waals surface area contributed by atoms with Crippen LogP contribution >= 0.6 is 0 Å². The van der Waals surface area contributed by atoms with Crippen LogP contribution < -0.4 is 9.47 Å². The number of hydrogen-bond acceptors (Lipinski definition) is 2. The minimum atomic E-state index is -0.288. The zero-order valence-corrected chi connectivity index (χ0v) is 40.2. The predicted octanol–water partition coefficient (Wildman–Crippen LogP) is 17.4. The van der Waals surface area contributed by atoms with Crippen LogP contribution in [0.4, 0.5) is 0 Å². The van der Waals surface area contributed by atoms with Crippen LogP contribution in [0, 0.1) is 13.8 Å². The summed E-state index contributed by atoms with van der Waals surface area (Å²) in [5, 5.41) is 5.10. The van der Waals surface area contributed by atoms with Crippen molar-refractivity contribution in [2.24, 2.45) is 0 Å². The SMILES string of the molecule is CC.CC.CC.CC.Cc1ccc2c(c1)C(C)(C)c1c3c(c4ccccc4c1-2)C=CC(C)(C)O3.Cc1ccc2c(c1)C(C)(C)c1c3c(c4ccccc4c1-2)OC(C)(C)C=C3. The second-order valence-corrected chi connectivity index (χ2v) is 17.5. The maximum Gasteiger partial charge on any atom is 0.135 e. The predicted molar refractivity (Wildman–Crippen MR) is 265 cm³/mol. The highest BCUT2D eigenvalue weighted by atomic mass is 16.5. The molecule has 0 radical (unpaired) electrons. The summed E-state index contributed by atoms with van der Waals surface area (Å²) in [6.07, 6.45) is 8.90. The Morgan fingerprint density at radius 3 is 1.28 bits per heavy atom. The first-order valence-corrected chi connectivity index (χ1v) is 22.8. The van der Waals surface area contributed by atoms with E-state index < -0.39 is 0 Å². The van der Waals surface area contributed by atoms with Gasteiger partial charge in [0.15, 0.2) is 0 Å². The first kappa shape index (κ1) is 46.0. The third-order valence-electron chi connectivity index (χ3n) is 11.9. The molecule has 0 N–H and O–H groups in total. The van der Waals surface area contributed by atoms with Gasteiger partial charge in [0.05, 0.1) is 0 Å². The highest BCUT2D eigenvalue weighted by molar-refractivity contribution is 6.09. The third kappa shape index (κ3) is 7.61. The van der Waals surface area contributed by atoms with Gasteiger partial charge in [0.1, 0.15) is 22.7 Å². The van der Waals surface area contributed by atoms with Crippen LogP contribution in [-0.2, 0) is 10.8 Å². The number of hydrogen-bond donors (Lipinski definition) is 0. The number of rotatable bonds is 0. The summed E-state index contributed by atoms with van der Waals surface area (Å²) in [5.74, 6) is 2.09. The molecular weight excluding hydrogens is 729 g/mol. The molecule has 2 aliphatic heterocycles. The van der Waals surface area contributed by atoms with Crippen molar-refractivity contribution < 1.29 is 9.47 Å².